The normalized spacial score (nSPS) is 19.8. The van der Waals surface area contributed by atoms with Crippen molar-refractivity contribution < 1.29 is 28.6 Å². The lowest BCUT2D eigenvalue weighted by Gasteiger charge is -2.45. The van der Waals surface area contributed by atoms with Crippen molar-refractivity contribution in [1.29, 1.82) is 0 Å². The minimum atomic E-state index is -2.02. The number of halogens is 1. The van der Waals surface area contributed by atoms with Crippen LogP contribution >= 0.6 is 0 Å². The molecule has 0 aliphatic heterocycles. The molecule has 0 fully saturated rings. The van der Waals surface area contributed by atoms with Gasteiger partial charge in [-0.15, -0.1) is 0 Å². The van der Waals surface area contributed by atoms with Crippen LogP contribution < -0.4 is 0 Å². The number of allylic oxidation sites excluding steroid dienone is 2. The molecule has 0 saturated carbocycles. The standard InChI is InChI=1S/C28H41FO5Si/c1-18-13-19(9-12-25(18)29)23-16-22(34-35(7,8)27(2,3)4)17-28(5,6)24(23)11-10-20(30)14-21(31)15-26(32)33/h9-13,20,22,30H,14-17H2,1-8H3,(H,32,33). The molecular weight excluding hydrogens is 463 g/mol. The number of Topliss-reactive ketones (excluding diaryl/α,β-unsaturated/α-hetero) is 1. The SMILES string of the molecule is Cc1cc(C2=C(C=CC(O)CC(=O)CC(=O)O)C(C)(C)CC(O[Si](C)(C)C(C)(C)C)C2)ccc1F. The Labute approximate surface area is 210 Å². The third-order valence-electron chi connectivity index (χ3n) is 7.27. The Morgan fingerprint density at radius 1 is 1.29 bits per heavy atom. The largest absolute Gasteiger partial charge is 0.481 e. The van der Waals surface area contributed by atoms with Crippen molar-refractivity contribution in [2.45, 2.75) is 97.6 Å². The zero-order valence-corrected chi connectivity index (χ0v) is 23.4. The summed E-state index contributed by atoms with van der Waals surface area (Å²) in [5.74, 6) is -1.99. The number of aliphatic hydroxyl groups excluding tert-OH is 1. The maximum absolute atomic E-state index is 14.1. The zero-order valence-electron chi connectivity index (χ0n) is 22.4. The third kappa shape index (κ3) is 7.69. The molecule has 5 nitrogen and oxygen atoms in total. The van der Waals surface area contributed by atoms with E-state index in [9.17, 15) is 19.1 Å². The Morgan fingerprint density at radius 3 is 2.46 bits per heavy atom. The first kappa shape index (κ1) is 29.1. The average molecular weight is 505 g/mol. The van der Waals surface area contributed by atoms with Gasteiger partial charge in [0.1, 0.15) is 18.0 Å². The number of benzene rings is 1. The Balaban J connectivity index is 2.48. The van der Waals surface area contributed by atoms with Gasteiger partial charge in [-0.3, -0.25) is 9.59 Å². The number of rotatable bonds is 9. The van der Waals surface area contributed by atoms with Gasteiger partial charge in [-0.2, -0.15) is 0 Å². The number of aliphatic hydroxyl groups is 1. The molecule has 2 rings (SSSR count). The summed E-state index contributed by atoms with van der Waals surface area (Å²) in [6.07, 6.45) is 2.92. The van der Waals surface area contributed by atoms with Gasteiger partial charge in [0.25, 0.3) is 0 Å². The minimum absolute atomic E-state index is 0.00506. The monoisotopic (exact) mass is 504 g/mol. The number of carbonyl (C=O) groups is 2. The number of carboxylic acid groups (broad SMARTS) is 1. The molecule has 2 atom stereocenters. The van der Waals surface area contributed by atoms with Crippen LogP contribution in [-0.2, 0) is 14.0 Å². The number of hydrogen-bond acceptors (Lipinski definition) is 4. The number of aliphatic carboxylic acids is 1. The summed E-state index contributed by atoms with van der Waals surface area (Å²) < 4.78 is 20.9. The molecule has 2 unspecified atom stereocenters. The number of carbonyl (C=O) groups excluding carboxylic acids is 1. The smallest absolute Gasteiger partial charge is 0.310 e. The highest BCUT2D eigenvalue weighted by Gasteiger charge is 2.42. The molecule has 1 aromatic carbocycles. The first-order valence-electron chi connectivity index (χ1n) is 12.2. The van der Waals surface area contributed by atoms with Crippen molar-refractivity contribution in [3.63, 3.8) is 0 Å². The molecule has 0 heterocycles. The van der Waals surface area contributed by atoms with Gasteiger partial charge in [-0.1, -0.05) is 52.8 Å². The number of ketones is 1. The molecule has 0 amide bonds. The summed E-state index contributed by atoms with van der Waals surface area (Å²) in [5, 5.41) is 19.2. The summed E-state index contributed by atoms with van der Waals surface area (Å²) >= 11 is 0. The van der Waals surface area contributed by atoms with E-state index in [0.29, 0.717) is 12.0 Å². The Morgan fingerprint density at radius 2 is 1.91 bits per heavy atom. The second-order valence-corrected chi connectivity index (χ2v) is 16.6. The highest BCUT2D eigenvalue weighted by Crippen LogP contribution is 2.48. The van der Waals surface area contributed by atoms with Gasteiger partial charge >= 0.3 is 5.97 Å². The number of aryl methyl sites for hydroxylation is 1. The maximum atomic E-state index is 14.1. The quantitative estimate of drug-likeness (QED) is 0.298. The van der Waals surface area contributed by atoms with E-state index in [1.54, 1.807) is 19.1 Å². The van der Waals surface area contributed by atoms with Crippen molar-refractivity contribution in [2.24, 2.45) is 5.41 Å². The van der Waals surface area contributed by atoms with Crippen LogP contribution in [0.2, 0.25) is 18.1 Å². The van der Waals surface area contributed by atoms with Crippen LogP contribution in [0.5, 0.6) is 0 Å². The van der Waals surface area contributed by atoms with Crippen molar-refractivity contribution in [3.05, 3.63) is 52.9 Å². The number of hydrogen-bond donors (Lipinski definition) is 2. The molecule has 0 saturated heterocycles. The molecule has 0 spiro atoms. The van der Waals surface area contributed by atoms with E-state index in [1.807, 2.05) is 12.1 Å². The van der Waals surface area contributed by atoms with E-state index in [2.05, 4.69) is 47.7 Å². The van der Waals surface area contributed by atoms with Gasteiger partial charge < -0.3 is 14.6 Å². The van der Waals surface area contributed by atoms with Gasteiger partial charge in [-0.25, -0.2) is 4.39 Å². The predicted molar refractivity (Wildman–Crippen MR) is 140 cm³/mol. The van der Waals surface area contributed by atoms with Crippen LogP contribution in [0.4, 0.5) is 4.39 Å². The Bertz CT molecular complexity index is 1020. The van der Waals surface area contributed by atoms with Crippen LogP contribution in [0.3, 0.4) is 0 Å². The lowest BCUT2D eigenvalue weighted by atomic mass is 9.69. The second-order valence-electron chi connectivity index (χ2n) is 11.9. The van der Waals surface area contributed by atoms with E-state index < -0.39 is 32.6 Å². The fourth-order valence-electron chi connectivity index (χ4n) is 4.36. The first-order valence-corrected chi connectivity index (χ1v) is 15.1. The van der Waals surface area contributed by atoms with Gasteiger partial charge in [-0.05, 0) is 77.7 Å². The molecule has 0 aromatic heterocycles. The van der Waals surface area contributed by atoms with Crippen molar-refractivity contribution in [2.75, 3.05) is 0 Å². The molecule has 0 bridgehead atoms. The van der Waals surface area contributed by atoms with Gasteiger partial charge in [0.15, 0.2) is 8.32 Å². The topological polar surface area (TPSA) is 83.8 Å². The number of carboxylic acids is 1. The van der Waals surface area contributed by atoms with Crippen LogP contribution in [0.1, 0.15) is 71.4 Å². The molecule has 1 aliphatic carbocycles. The zero-order chi connectivity index (χ0) is 26.8. The van der Waals surface area contributed by atoms with Crippen molar-refractivity contribution >= 4 is 25.6 Å². The summed E-state index contributed by atoms with van der Waals surface area (Å²) in [7, 11) is -2.02. The lowest BCUT2D eigenvalue weighted by molar-refractivity contribution is -0.140. The Hall–Kier alpha value is -2.09. The maximum Gasteiger partial charge on any atom is 0.310 e. The van der Waals surface area contributed by atoms with E-state index >= 15 is 0 Å². The molecule has 1 aliphatic rings. The summed E-state index contributed by atoms with van der Waals surface area (Å²) in [4.78, 5) is 22.6. The lowest BCUT2D eigenvalue weighted by Crippen LogP contribution is -2.46. The first-order chi connectivity index (χ1) is 15.9. The molecule has 35 heavy (non-hydrogen) atoms. The van der Waals surface area contributed by atoms with Crippen LogP contribution in [0.15, 0.2) is 35.9 Å². The molecule has 7 heteroatoms. The molecule has 194 valence electrons. The summed E-state index contributed by atoms with van der Waals surface area (Å²) in [5.41, 5.74) is 3.21. The summed E-state index contributed by atoms with van der Waals surface area (Å²) in [6, 6.07) is 5.10. The highest BCUT2D eigenvalue weighted by molar-refractivity contribution is 6.74. The summed E-state index contributed by atoms with van der Waals surface area (Å²) in [6.45, 7) is 17.1. The molecular formula is C28H41FO5Si. The predicted octanol–water partition coefficient (Wildman–Crippen LogP) is 6.45. The Kier molecular flexibility index (Phi) is 9.07. The molecule has 0 radical (unpaired) electrons. The highest BCUT2D eigenvalue weighted by atomic mass is 28.4. The molecule has 2 N–H and O–H groups in total. The van der Waals surface area contributed by atoms with Crippen LogP contribution in [-0.4, -0.2) is 42.5 Å². The van der Waals surface area contributed by atoms with Crippen molar-refractivity contribution in [3.8, 4) is 0 Å². The van der Waals surface area contributed by atoms with Gasteiger partial charge in [0.2, 0.25) is 0 Å². The molecule has 1 aromatic rings. The van der Waals surface area contributed by atoms with E-state index in [4.69, 9.17) is 9.53 Å². The average Bonchev–Trinajstić information content (AvgIpc) is 2.66. The van der Waals surface area contributed by atoms with Crippen molar-refractivity contribution in [1.82, 2.24) is 0 Å². The van der Waals surface area contributed by atoms with Gasteiger partial charge in [0.05, 0.1) is 6.10 Å². The van der Waals surface area contributed by atoms with E-state index in [1.165, 1.54) is 6.07 Å². The van der Waals surface area contributed by atoms with Gasteiger partial charge in [0, 0.05) is 12.5 Å². The minimum Gasteiger partial charge on any atom is -0.481 e. The van der Waals surface area contributed by atoms with Crippen LogP contribution in [0.25, 0.3) is 5.57 Å². The fourth-order valence-corrected chi connectivity index (χ4v) is 5.71. The second kappa shape index (κ2) is 10.9. The van der Waals surface area contributed by atoms with E-state index in [0.717, 1.165) is 23.1 Å². The fraction of sp³-hybridized carbons (Fsp3) is 0.571. The van der Waals surface area contributed by atoms with E-state index in [-0.39, 0.29) is 28.8 Å². The third-order valence-corrected chi connectivity index (χ3v) is 11.8. The van der Waals surface area contributed by atoms with Crippen LogP contribution in [0, 0.1) is 18.2 Å².